The number of piperidine rings is 1. The number of para-hydroxylation sites is 2. The monoisotopic (exact) mass is 270 g/mol. The second-order valence-electron chi connectivity index (χ2n) is 5.43. The molecule has 0 saturated carbocycles. The summed E-state index contributed by atoms with van der Waals surface area (Å²) in [6.07, 6.45) is 5.49. The Balaban J connectivity index is 1.67. The molecule has 1 fully saturated rings. The van der Waals surface area contributed by atoms with Crippen molar-refractivity contribution in [1.29, 1.82) is 0 Å². The number of fused-ring (bicyclic) bond motifs is 1. The van der Waals surface area contributed by atoms with Gasteiger partial charge >= 0.3 is 0 Å². The van der Waals surface area contributed by atoms with E-state index in [1.54, 1.807) is 0 Å². The third-order valence-corrected chi connectivity index (χ3v) is 3.94. The zero-order valence-corrected chi connectivity index (χ0v) is 12.0. The predicted molar refractivity (Wildman–Crippen MR) is 83.1 cm³/mol. The van der Waals surface area contributed by atoms with Gasteiger partial charge in [0, 0.05) is 19.1 Å². The first-order valence-electron chi connectivity index (χ1n) is 7.57. The fourth-order valence-corrected chi connectivity index (χ4v) is 2.76. The van der Waals surface area contributed by atoms with E-state index in [0.29, 0.717) is 6.04 Å². The van der Waals surface area contributed by atoms with Gasteiger partial charge in [-0.1, -0.05) is 19.1 Å². The van der Waals surface area contributed by atoms with E-state index < -0.39 is 0 Å². The molecule has 20 heavy (non-hydrogen) atoms. The van der Waals surface area contributed by atoms with E-state index in [1.165, 1.54) is 19.3 Å². The van der Waals surface area contributed by atoms with E-state index in [4.69, 9.17) is 4.98 Å². The minimum atomic E-state index is 0.666. The van der Waals surface area contributed by atoms with Crippen LogP contribution in [0.4, 0.5) is 5.82 Å². The second-order valence-corrected chi connectivity index (χ2v) is 5.43. The molecular formula is C16H22N4. The van der Waals surface area contributed by atoms with Crippen LogP contribution >= 0.6 is 0 Å². The predicted octanol–water partition coefficient (Wildman–Crippen LogP) is 2.60. The standard InChI is InChI=1S/C16H22N4/c1-2-9-17-13-7-10-20(11-8-13)16-12-18-14-5-3-4-6-15(14)19-16/h3-6,12-13,17H,2,7-11H2,1H3. The lowest BCUT2D eigenvalue weighted by molar-refractivity contribution is 0.414. The Bertz CT molecular complexity index is 561. The molecule has 1 aromatic carbocycles. The molecule has 0 spiro atoms. The van der Waals surface area contributed by atoms with Crippen LogP contribution in [0.1, 0.15) is 26.2 Å². The summed E-state index contributed by atoms with van der Waals surface area (Å²) in [5.74, 6) is 1.01. The molecule has 4 nitrogen and oxygen atoms in total. The highest BCUT2D eigenvalue weighted by Crippen LogP contribution is 2.19. The molecule has 0 amide bonds. The summed E-state index contributed by atoms with van der Waals surface area (Å²) in [6, 6.07) is 8.72. The molecule has 4 heteroatoms. The third kappa shape index (κ3) is 2.90. The number of hydrogen-bond donors (Lipinski definition) is 1. The Kier molecular flexibility index (Phi) is 4.11. The van der Waals surface area contributed by atoms with Gasteiger partial charge in [-0.3, -0.25) is 4.98 Å². The Hall–Kier alpha value is -1.68. The first-order valence-corrected chi connectivity index (χ1v) is 7.57. The van der Waals surface area contributed by atoms with Crippen molar-refractivity contribution in [2.75, 3.05) is 24.5 Å². The SMILES string of the molecule is CCCNC1CCN(c2cnc3ccccc3n2)CC1. The fourth-order valence-electron chi connectivity index (χ4n) is 2.76. The first-order chi connectivity index (χ1) is 9.86. The Morgan fingerprint density at radius 1 is 1.20 bits per heavy atom. The molecule has 1 aromatic heterocycles. The van der Waals surface area contributed by atoms with Crippen LogP contribution in [0.5, 0.6) is 0 Å². The van der Waals surface area contributed by atoms with Crippen molar-refractivity contribution >= 4 is 16.9 Å². The average molecular weight is 270 g/mol. The van der Waals surface area contributed by atoms with Gasteiger partial charge in [-0.25, -0.2) is 4.98 Å². The number of hydrogen-bond acceptors (Lipinski definition) is 4. The summed E-state index contributed by atoms with van der Waals surface area (Å²) in [4.78, 5) is 11.6. The Morgan fingerprint density at radius 3 is 2.70 bits per heavy atom. The van der Waals surface area contributed by atoms with Gasteiger partial charge in [0.1, 0.15) is 5.82 Å². The molecule has 1 aliphatic rings. The van der Waals surface area contributed by atoms with Crippen molar-refractivity contribution < 1.29 is 0 Å². The highest BCUT2D eigenvalue weighted by atomic mass is 15.2. The van der Waals surface area contributed by atoms with Crippen molar-refractivity contribution in [2.45, 2.75) is 32.2 Å². The van der Waals surface area contributed by atoms with E-state index in [2.05, 4.69) is 22.1 Å². The zero-order valence-electron chi connectivity index (χ0n) is 12.0. The van der Waals surface area contributed by atoms with Gasteiger partial charge in [0.05, 0.1) is 17.2 Å². The molecule has 1 N–H and O–H groups in total. The highest BCUT2D eigenvalue weighted by molar-refractivity contribution is 5.75. The lowest BCUT2D eigenvalue weighted by Crippen LogP contribution is -2.43. The minimum Gasteiger partial charge on any atom is -0.355 e. The molecule has 2 aromatic rings. The molecule has 3 rings (SSSR count). The van der Waals surface area contributed by atoms with Crippen molar-refractivity contribution in [1.82, 2.24) is 15.3 Å². The maximum Gasteiger partial charge on any atom is 0.147 e. The minimum absolute atomic E-state index is 0.666. The molecule has 1 aliphatic heterocycles. The largest absolute Gasteiger partial charge is 0.355 e. The molecule has 0 atom stereocenters. The summed E-state index contributed by atoms with van der Waals surface area (Å²) >= 11 is 0. The van der Waals surface area contributed by atoms with Crippen LogP contribution < -0.4 is 10.2 Å². The zero-order chi connectivity index (χ0) is 13.8. The number of aromatic nitrogens is 2. The van der Waals surface area contributed by atoms with Gasteiger partial charge in [0.2, 0.25) is 0 Å². The molecule has 0 aliphatic carbocycles. The third-order valence-electron chi connectivity index (χ3n) is 3.94. The summed E-state index contributed by atoms with van der Waals surface area (Å²) in [7, 11) is 0. The molecule has 0 unspecified atom stereocenters. The molecule has 1 saturated heterocycles. The van der Waals surface area contributed by atoms with E-state index in [0.717, 1.165) is 36.5 Å². The van der Waals surface area contributed by atoms with Gasteiger partial charge in [0.25, 0.3) is 0 Å². The van der Waals surface area contributed by atoms with Gasteiger partial charge in [0.15, 0.2) is 0 Å². The number of nitrogens with zero attached hydrogens (tertiary/aromatic N) is 3. The summed E-state index contributed by atoms with van der Waals surface area (Å²) in [5.41, 5.74) is 1.95. The molecule has 2 heterocycles. The average Bonchev–Trinajstić information content (AvgIpc) is 2.53. The summed E-state index contributed by atoms with van der Waals surface area (Å²) < 4.78 is 0. The van der Waals surface area contributed by atoms with Gasteiger partial charge in [-0.05, 0) is 37.9 Å². The summed E-state index contributed by atoms with van der Waals surface area (Å²) in [6.45, 7) is 5.47. The van der Waals surface area contributed by atoms with Gasteiger partial charge in [-0.15, -0.1) is 0 Å². The lowest BCUT2D eigenvalue weighted by atomic mass is 10.1. The van der Waals surface area contributed by atoms with Gasteiger partial charge in [-0.2, -0.15) is 0 Å². The second kappa shape index (κ2) is 6.18. The lowest BCUT2D eigenvalue weighted by Gasteiger charge is -2.33. The van der Waals surface area contributed by atoms with Crippen LogP contribution in [0.25, 0.3) is 11.0 Å². The number of benzene rings is 1. The summed E-state index contributed by atoms with van der Waals surface area (Å²) in [5, 5.41) is 3.61. The fraction of sp³-hybridized carbons (Fsp3) is 0.500. The van der Waals surface area contributed by atoms with Crippen LogP contribution in [-0.2, 0) is 0 Å². The number of anilines is 1. The quantitative estimate of drug-likeness (QED) is 0.927. The van der Waals surface area contributed by atoms with Crippen LogP contribution in [0.3, 0.4) is 0 Å². The van der Waals surface area contributed by atoms with E-state index in [-0.39, 0.29) is 0 Å². The topological polar surface area (TPSA) is 41.0 Å². The molecule has 0 radical (unpaired) electrons. The smallest absolute Gasteiger partial charge is 0.147 e. The highest BCUT2D eigenvalue weighted by Gasteiger charge is 2.19. The normalized spacial score (nSPS) is 16.8. The Labute approximate surface area is 120 Å². The molecular weight excluding hydrogens is 248 g/mol. The first kappa shape index (κ1) is 13.3. The van der Waals surface area contributed by atoms with Crippen LogP contribution in [0.2, 0.25) is 0 Å². The van der Waals surface area contributed by atoms with Crippen molar-refractivity contribution in [3.63, 3.8) is 0 Å². The van der Waals surface area contributed by atoms with E-state index in [1.807, 2.05) is 30.5 Å². The van der Waals surface area contributed by atoms with Crippen LogP contribution in [0.15, 0.2) is 30.5 Å². The van der Waals surface area contributed by atoms with Gasteiger partial charge < -0.3 is 10.2 Å². The van der Waals surface area contributed by atoms with E-state index >= 15 is 0 Å². The Morgan fingerprint density at radius 2 is 1.95 bits per heavy atom. The van der Waals surface area contributed by atoms with Crippen molar-refractivity contribution in [3.8, 4) is 0 Å². The molecule has 0 bridgehead atoms. The maximum absolute atomic E-state index is 4.73. The van der Waals surface area contributed by atoms with Crippen molar-refractivity contribution in [3.05, 3.63) is 30.5 Å². The van der Waals surface area contributed by atoms with Crippen LogP contribution in [0, 0.1) is 0 Å². The molecule has 106 valence electrons. The van der Waals surface area contributed by atoms with E-state index in [9.17, 15) is 0 Å². The van der Waals surface area contributed by atoms with Crippen molar-refractivity contribution in [2.24, 2.45) is 0 Å². The number of rotatable bonds is 4. The maximum atomic E-state index is 4.73. The number of nitrogens with one attached hydrogen (secondary N) is 1. The van der Waals surface area contributed by atoms with Crippen LogP contribution in [-0.4, -0.2) is 35.6 Å².